The first-order valence-corrected chi connectivity index (χ1v) is 23.2. The third kappa shape index (κ3) is 7.65. The first-order chi connectivity index (χ1) is 32.4. The van der Waals surface area contributed by atoms with Gasteiger partial charge in [0.05, 0.1) is 11.0 Å². The number of benzene rings is 8. The van der Waals surface area contributed by atoms with Crippen molar-refractivity contribution < 1.29 is 0 Å². The largest absolute Gasteiger partial charge is 0.311 e. The number of anilines is 3. The van der Waals surface area contributed by atoms with Crippen LogP contribution >= 0.6 is 0 Å². The van der Waals surface area contributed by atoms with Gasteiger partial charge < -0.3 is 9.47 Å². The number of nitrogens with zero attached hydrogens (tertiary/aromatic N) is 2. The Morgan fingerprint density at radius 1 is 0.530 bits per heavy atom. The summed E-state index contributed by atoms with van der Waals surface area (Å²) in [6.07, 6.45) is 19.6. The van der Waals surface area contributed by atoms with Crippen molar-refractivity contribution in [1.29, 1.82) is 0 Å². The molecule has 0 saturated heterocycles. The van der Waals surface area contributed by atoms with E-state index in [-0.39, 0.29) is 5.41 Å². The minimum absolute atomic E-state index is 0.00525. The Hall–Kier alpha value is -7.94. The predicted octanol–water partition coefficient (Wildman–Crippen LogP) is 17.7. The van der Waals surface area contributed by atoms with E-state index in [9.17, 15) is 0 Å². The van der Waals surface area contributed by atoms with Gasteiger partial charge in [-0.05, 0) is 147 Å². The normalized spacial score (nSPS) is 16.7. The van der Waals surface area contributed by atoms with Crippen molar-refractivity contribution >= 4 is 50.5 Å². The maximum atomic E-state index is 3.94. The molecule has 2 aliphatic rings. The smallest absolute Gasteiger partial charge is 0.0541 e. The van der Waals surface area contributed by atoms with Gasteiger partial charge in [-0.3, -0.25) is 0 Å². The average Bonchev–Trinajstić information content (AvgIpc) is 3.71. The van der Waals surface area contributed by atoms with Crippen LogP contribution in [0.25, 0.3) is 72.5 Å². The SMILES string of the molecule is C=Cc1ccc(-c2ccc3c(c2)c2cc(-c4ccc(-c5ccc(N(c6ccc(C7=CC=CCC7C)cc6)c6ccc(C7(C)C=CC=CC7)cc6)cc5)cc4)ccc2n3-c2ccccc2)cc1. The standard InChI is InChI=1S/C64H52N2/c1-4-46-17-19-49(20-18-46)52-29-39-62-60(43-52)61-44-53(30-40-63(61)66(62)55-14-7-5-8-15-55)50-23-21-47(22-24-50)48-25-33-56(34-26-48)65(57-35-27-51(28-36-57)59-16-10-9-13-45(59)2)58-37-31-54(32-38-58)64(3)41-11-6-12-42-64/h4-12,14-41,43-45H,1,13,42H2,2-3H3. The number of hydrogen-bond acceptors (Lipinski definition) is 1. The third-order valence-electron chi connectivity index (χ3n) is 13.9. The first kappa shape index (κ1) is 40.8. The van der Waals surface area contributed by atoms with E-state index in [0.29, 0.717) is 5.92 Å². The topological polar surface area (TPSA) is 8.17 Å². The van der Waals surface area contributed by atoms with Crippen molar-refractivity contribution in [2.24, 2.45) is 5.92 Å². The highest BCUT2D eigenvalue weighted by molar-refractivity contribution is 6.11. The molecule has 66 heavy (non-hydrogen) atoms. The molecule has 1 aromatic heterocycles. The van der Waals surface area contributed by atoms with Gasteiger partial charge >= 0.3 is 0 Å². The zero-order chi connectivity index (χ0) is 44.6. The molecule has 0 bridgehead atoms. The van der Waals surface area contributed by atoms with Crippen LogP contribution in [0.4, 0.5) is 17.1 Å². The summed E-state index contributed by atoms with van der Waals surface area (Å²) >= 11 is 0. The molecule has 9 aromatic rings. The van der Waals surface area contributed by atoms with Gasteiger partial charge in [0.25, 0.3) is 0 Å². The van der Waals surface area contributed by atoms with Crippen LogP contribution in [0.2, 0.25) is 0 Å². The van der Waals surface area contributed by atoms with Crippen LogP contribution in [0.3, 0.4) is 0 Å². The van der Waals surface area contributed by atoms with E-state index in [1.54, 1.807) is 0 Å². The van der Waals surface area contributed by atoms with Gasteiger partial charge in [-0.1, -0.05) is 184 Å². The molecule has 11 rings (SSSR count). The van der Waals surface area contributed by atoms with Gasteiger partial charge in [0.1, 0.15) is 0 Å². The van der Waals surface area contributed by atoms with Crippen LogP contribution in [0.1, 0.15) is 43.4 Å². The molecule has 2 heteroatoms. The lowest BCUT2D eigenvalue weighted by Gasteiger charge is -2.29. The second-order valence-electron chi connectivity index (χ2n) is 18.1. The van der Waals surface area contributed by atoms with Crippen LogP contribution in [0, 0.1) is 5.92 Å². The van der Waals surface area contributed by atoms with E-state index in [4.69, 9.17) is 0 Å². The van der Waals surface area contributed by atoms with Gasteiger partial charge in [0.15, 0.2) is 0 Å². The molecule has 1 heterocycles. The Balaban J connectivity index is 0.913. The van der Waals surface area contributed by atoms with Crippen LogP contribution in [-0.2, 0) is 5.41 Å². The summed E-state index contributed by atoms with van der Waals surface area (Å²) in [6.45, 7) is 8.58. The summed E-state index contributed by atoms with van der Waals surface area (Å²) in [5.74, 6) is 0.508. The Morgan fingerprint density at radius 3 is 1.56 bits per heavy atom. The Morgan fingerprint density at radius 2 is 1.03 bits per heavy atom. The minimum atomic E-state index is -0.00525. The summed E-state index contributed by atoms with van der Waals surface area (Å²) in [5.41, 5.74) is 19.2. The minimum Gasteiger partial charge on any atom is -0.311 e. The summed E-state index contributed by atoms with van der Waals surface area (Å²) in [7, 11) is 0. The van der Waals surface area contributed by atoms with Gasteiger partial charge in [0, 0.05) is 38.9 Å². The average molecular weight is 849 g/mol. The molecule has 0 spiro atoms. The quantitative estimate of drug-likeness (QED) is 0.133. The zero-order valence-corrected chi connectivity index (χ0v) is 37.6. The highest BCUT2D eigenvalue weighted by atomic mass is 15.1. The number of hydrogen-bond donors (Lipinski definition) is 0. The van der Waals surface area contributed by atoms with E-state index in [2.05, 4.69) is 260 Å². The number of aromatic nitrogens is 1. The third-order valence-corrected chi connectivity index (χ3v) is 13.9. The van der Waals surface area contributed by atoms with Crippen LogP contribution in [-0.4, -0.2) is 4.57 Å². The van der Waals surface area contributed by atoms with Crippen molar-refractivity contribution in [2.75, 3.05) is 4.90 Å². The van der Waals surface area contributed by atoms with Crippen LogP contribution < -0.4 is 4.90 Å². The number of para-hydroxylation sites is 1. The molecule has 0 amide bonds. The second-order valence-corrected chi connectivity index (χ2v) is 18.1. The molecule has 2 unspecified atom stereocenters. The summed E-state index contributed by atoms with van der Waals surface area (Å²) in [5, 5.41) is 2.47. The molecule has 2 atom stereocenters. The lowest BCUT2D eigenvalue weighted by Crippen LogP contribution is -2.19. The van der Waals surface area contributed by atoms with E-state index in [0.717, 1.165) is 41.2 Å². The molecule has 0 saturated carbocycles. The van der Waals surface area contributed by atoms with E-state index >= 15 is 0 Å². The van der Waals surface area contributed by atoms with Gasteiger partial charge in [-0.15, -0.1) is 0 Å². The monoisotopic (exact) mass is 848 g/mol. The molecular weight excluding hydrogens is 797 g/mol. The highest BCUT2D eigenvalue weighted by Gasteiger charge is 2.24. The molecule has 2 nitrogen and oxygen atoms in total. The molecule has 8 aromatic carbocycles. The van der Waals surface area contributed by atoms with Crippen molar-refractivity contribution in [1.82, 2.24) is 4.57 Å². The second kappa shape index (κ2) is 17.2. The van der Waals surface area contributed by atoms with Gasteiger partial charge in [-0.2, -0.15) is 0 Å². The predicted molar refractivity (Wildman–Crippen MR) is 283 cm³/mol. The lowest BCUT2D eigenvalue weighted by molar-refractivity contribution is 0.600. The number of fused-ring (bicyclic) bond motifs is 3. The maximum Gasteiger partial charge on any atom is 0.0541 e. The van der Waals surface area contributed by atoms with Gasteiger partial charge in [-0.25, -0.2) is 0 Å². The molecule has 0 radical (unpaired) electrons. The molecule has 2 aliphatic carbocycles. The fourth-order valence-electron chi connectivity index (χ4n) is 10.0. The van der Waals surface area contributed by atoms with Crippen molar-refractivity contribution in [3.63, 3.8) is 0 Å². The van der Waals surface area contributed by atoms with Crippen molar-refractivity contribution in [3.05, 3.63) is 254 Å². The Bertz CT molecular complexity index is 3340. The molecule has 318 valence electrons. The van der Waals surface area contributed by atoms with E-state index < -0.39 is 0 Å². The molecule has 0 N–H and O–H groups in total. The van der Waals surface area contributed by atoms with Crippen LogP contribution in [0.15, 0.2) is 237 Å². The first-order valence-electron chi connectivity index (χ1n) is 23.2. The Kier molecular flexibility index (Phi) is 10.6. The number of rotatable bonds is 10. The highest BCUT2D eigenvalue weighted by Crippen LogP contribution is 2.41. The Labute approximate surface area is 389 Å². The van der Waals surface area contributed by atoms with Crippen LogP contribution in [0.5, 0.6) is 0 Å². The fourth-order valence-corrected chi connectivity index (χ4v) is 10.0. The maximum absolute atomic E-state index is 3.94. The molecular formula is C64H52N2. The molecule has 0 aliphatic heterocycles. The van der Waals surface area contributed by atoms with Crippen molar-refractivity contribution in [2.45, 2.75) is 32.1 Å². The van der Waals surface area contributed by atoms with Crippen molar-refractivity contribution in [3.8, 4) is 39.1 Å². The zero-order valence-electron chi connectivity index (χ0n) is 37.6. The molecule has 0 fully saturated rings. The lowest BCUT2D eigenvalue weighted by atomic mass is 9.77. The summed E-state index contributed by atoms with van der Waals surface area (Å²) < 4.78 is 2.39. The fraction of sp³-hybridized carbons (Fsp3) is 0.0938. The van der Waals surface area contributed by atoms with E-state index in [1.165, 1.54) is 71.9 Å². The summed E-state index contributed by atoms with van der Waals surface area (Å²) in [4.78, 5) is 2.38. The summed E-state index contributed by atoms with van der Waals surface area (Å²) in [6, 6.07) is 69.4. The number of allylic oxidation sites excluding steroid dienone is 8. The van der Waals surface area contributed by atoms with Gasteiger partial charge in [0.2, 0.25) is 0 Å². The van der Waals surface area contributed by atoms with E-state index in [1.807, 2.05) is 6.08 Å².